The molecule has 0 spiro atoms. The van der Waals surface area contributed by atoms with Gasteiger partial charge in [0.2, 0.25) is 0 Å². The average molecular weight is 390 g/mol. The van der Waals surface area contributed by atoms with Gasteiger partial charge in [0.05, 0.1) is 5.56 Å². The largest absolute Gasteiger partial charge is 0.416 e. The highest BCUT2D eigenvalue weighted by Gasteiger charge is 2.32. The van der Waals surface area contributed by atoms with Crippen LogP contribution in [0.5, 0.6) is 0 Å². The monoisotopic (exact) mass is 389 g/mol. The van der Waals surface area contributed by atoms with Crippen molar-refractivity contribution in [1.82, 2.24) is 0 Å². The minimum absolute atomic E-state index is 0.0669. The smallest absolute Gasteiger partial charge is 0.304 e. The summed E-state index contributed by atoms with van der Waals surface area (Å²) in [7, 11) is 0. The van der Waals surface area contributed by atoms with E-state index >= 15 is 0 Å². The van der Waals surface area contributed by atoms with Crippen molar-refractivity contribution in [3.05, 3.63) is 46.4 Å². The van der Waals surface area contributed by atoms with Gasteiger partial charge in [-0.25, -0.2) is 4.39 Å². The molecule has 1 heterocycles. The van der Waals surface area contributed by atoms with Crippen LogP contribution in [0.3, 0.4) is 0 Å². The van der Waals surface area contributed by atoms with Gasteiger partial charge >= 0.3 is 6.18 Å². The second-order valence-electron chi connectivity index (χ2n) is 5.47. The van der Waals surface area contributed by atoms with Gasteiger partial charge in [-0.05, 0) is 43.0 Å². The van der Waals surface area contributed by atoms with Crippen LogP contribution < -0.4 is 0 Å². The van der Waals surface area contributed by atoms with E-state index in [1.165, 1.54) is 13.1 Å². The number of hydrogen-bond acceptors (Lipinski definition) is 2. The molecule has 0 amide bonds. The second-order valence-corrected chi connectivity index (χ2v) is 5.90. The fourth-order valence-electron chi connectivity index (χ4n) is 2.24. The van der Waals surface area contributed by atoms with Gasteiger partial charge in [0.25, 0.3) is 0 Å². The number of terminal acetylenes is 1. The zero-order chi connectivity index (χ0) is 20.5. The van der Waals surface area contributed by atoms with Crippen LogP contribution in [0.4, 0.5) is 17.6 Å². The second kappa shape index (κ2) is 10.8. The minimum atomic E-state index is -4.57. The molecule has 0 radical (unpaired) electrons. The molecule has 0 bridgehead atoms. The van der Waals surface area contributed by atoms with Crippen molar-refractivity contribution in [1.29, 1.82) is 0 Å². The Kier molecular flexibility index (Phi) is 9.89. The third kappa shape index (κ3) is 7.01. The summed E-state index contributed by atoms with van der Waals surface area (Å²) in [5, 5.41) is 0.612. The maximum absolute atomic E-state index is 13.5. The Morgan fingerprint density at radius 1 is 1.31 bits per heavy atom. The van der Waals surface area contributed by atoms with Crippen molar-refractivity contribution in [3.8, 4) is 12.8 Å². The molecule has 142 valence electrons. The van der Waals surface area contributed by atoms with Gasteiger partial charge in [0, 0.05) is 22.9 Å². The van der Waals surface area contributed by atoms with E-state index in [4.69, 9.17) is 16.4 Å². The summed E-state index contributed by atoms with van der Waals surface area (Å²) >= 11 is 5.94. The van der Waals surface area contributed by atoms with Crippen LogP contribution >= 0.6 is 11.6 Å². The number of carbonyl (C=O) groups excluding carboxylic acids is 1. The predicted octanol–water partition coefficient (Wildman–Crippen LogP) is 5.96. The van der Waals surface area contributed by atoms with E-state index in [0.29, 0.717) is 23.2 Å². The number of allylic oxidation sites excluding steroid dienone is 1. The maximum Gasteiger partial charge on any atom is 0.416 e. The molecule has 0 unspecified atom stereocenters. The van der Waals surface area contributed by atoms with E-state index in [-0.39, 0.29) is 11.5 Å². The lowest BCUT2D eigenvalue weighted by atomic mass is 9.88. The molecule has 2 nitrogen and oxygen atoms in total. The van der Waals surface area contributed by atoms with Crippen molar-refractivity contribution in [2.45, 2.75) is 39.3 Å². The molecule has 2 rings (SSSR count). The van der Waals surface area contributed by atoms with Gasteiger partial charge in [-0.1, -0.05) is 25.4 Å². The first kappa shape index (κ1) is 23.9. The third-order valence-corrected chi connectivity index (χ3v) is 4.06. The number of aldehydes is 1. The summed E-state index contributed by atoms with van der Waals surface area (Å²) in [6, 6.07) is 2.59. The highest BCUT2D eigenvalue weighted by Crippen LogP contribution is 2.34. The van der Waals surface area contributed by atoms with Crippen LogP contribution in [0.15, 0.2) is 34.4 Å². The Morgan fingerprint density at radius 2 is 1.85 bits per heavy atom. The highest BCUT2D eigenvalue weighted by atomic mass is 35.5. The molecule has 0 saturated carbocycles. The van der Waals surface area contributed by atoms with Crippen molar-refractivity contribution in [3.63, 3.8) is 0 Å². The lowest BCUT2D eigenvalue weighted by Crippen LogP contribution is -2.17. The Hall–Kier alpha value is -2.13. The van der Waals surface area contributed by atoms with Gasteiger partial charge in [-0.3, -0.25) is 4.99 Å². The van der Waals surface area contributed by atoms with Crippen LogP contribution in [-0.4, -0.2) is 12.0 Å². The Balaban J connectivity index is 0.00000113. The SMILES string of the molecule is C#C.CC=O.C[C@H](C1=NC=C(Cl)[C@@H](C)C1)c1cc(F)cc(C(F)(F)F)c1. The van der Waals surface area contributed by atoms with Gasteiger partial charge in [-0.2, -0.15) is 13.2 Å². The molecule has 0 N–H and O–H groups in total. The fraction of sp³-hybridized carbons (Fsp3) is 0.368. The first-order valence-electron chi connectivity index (χ1n) is 7.63. The molecule has 0 saturated heterocycles. The van der Waals surface area contributed by atoms with E-state index in [1.807, 2.05) is 6.92 Å². The van der Waals surface area contributed by atoms with Crippen LogP contribution in [0.25, 0.3) is 0 Å². The lowest BCUT2D eigenvalue weighted by Gasteiger charge is -2.22. The molecule has 1 aliphatic rings. The fourth-order valence-corrected chi connectivity index (χ4v) is 2.37. The summed E-state index contributed by atoms with van der Waals surface area (Å²) < 4.78 is 51.7. The van der Waals surface area contributed by atoms with Crippen molar-refractivity contribution >= 4 is 23.6 Å². The summed E-state index contributed by atoms with van der Waals surface area (Å²) in [4.78, 5) is 13.0. The minimum Gasteiger partial charge on any atom is -0.304 e. The molecule has 2 atom stereocenters. The Morgan fingerprint density at radius 3 is 2.31 bits per heavy atom. The van der Waals surface area contributed by atoms with E-state index in [0.717, 1.165) is 18.4 Å². The topological polar surface area (TPSA) is 29.4 Å². The molecular weight excluding hydrogens is 370 g/mol. The van der Waals surface area contributed by atoms with Crippen molar-refractivity contribution < 1.29 is 22.4 Å². The van der Waals surface area contributed by atoms with Crippen LogP contribution in [0.2, 0.25) is 0 Å². The molecule has 0 aromatic heterocycles. The maximum atomic E-state index is 13.5. The van der Waals surface area contributed by atoms with Crippen LogP contribution in [-0.2, 0) is 11.0 Å². The van der Waals surface area contributed by atoms with Crippen molar-refractivity contribution in [2.75, 3.05) is 0 Å². The molecule has 1 aromatic rings. The summed E-state index contributed by atoms with van der Waals surface area (Å²) in [5.74, 6) is -1.23. The Bertz CT molecular complexity index is 693. The van der Waals surface area contributed by atoms with Gasteiger partial charge in [0.1, 0.15) is 12.1 Å². The molecule has 26 heavy (non-hydrogen) atoms. The molecule has 0 fully saturated rings. The highest BCUT2D eigenvalue weighted by molar-refractivity contribution is 6.30. The van der Waals surface area contributed by atoms with E-state index in [2.05, 4.69) is 17.8 Å². The van der Waals surface area contributed by atoms with E-state index in [9.17, 15) is 17.6 Å². The molecule has 1 aromatic carbocycles. The van der Waals surface area contributed by atoms with E-state index in [1.54, 1.807) is 6.92 Å². The number of aliphatic imine (C=N–C) groups is 1. The number of halogens is 5. The zero-order valence-electron chi connectivity index (χ0n) is 14.6. The van der Waals surface area contributed by atoms with Crippen LogP contribution in [0.1, 0.15) is 44.2 Å². The van der Waals surface area contributed by atoms with Gasteiger partial charge in [-0.15, -0.1) is 12.8 Å². The Labute approximate surface area is 156 Å². The summed E-state index contributed by atoms with van der Waals surface area (Å²) in [6.45, 7) is 5.07. The molecular formula is C19H20ClF4NO. The molecule has 7 heteroatoms. The lowest BCUT2D eigenvalue weighted by molar-refractivity contribution is -0.137. The number of benzene rings is 1. The molecule has 0 aliphatic carbocycles. The molecule has 1 aliphatic heterocycles. The summed E-state index contributed by atoms with van der Waals surface area (Å²) in [6.07, 6.45) is 6.24. The first-order chi connectivity index (χ1) is 12.1. The third-order valence-electron chi connectivity index (χ3n) is 3.59. The number of carbonyl (C=O) groups is 1. The van der Waals surface area contributed by atoms with Crippen LogP contribution in [0, 0.1) is 24.6 Å². The first-order valence-corrected chi connectivity index (χ1v) is 8.00. The number of hydrogen-bond donors (Lipinski definition) is 0. The standard InChI is InChI=1S/C15H14ClF4N.C2H4O.C2H2/c1-8-3-14(21-7-13(8)16)9(2)10-4-11(15(18,19)20)6-12(17)5-10;1-2-3;1-2/h4-9H,3H2,1-2H3;2H,1H3;1-2H/t8-,9-;;/m0../s1. The van der Waals surface area contributed by atoms with E-state index < -0.39 is 23.5 Å². The average Bonchev–Trinajstić information content (AvgIpc) is 2.58. The van der Waals surface area contributed by atoms with Crippen molar-refractivity contribution in [2.24, 2.45) is 10.9 Å². The van der Waals surface area contributed by atoms with Gasteiger partial charge in [0.15, 0.2) is 0 Å². The van der Waals surface area contributed by atoms with Gasteiger partial charge < -0.3 is 4.79 Å². The number of rotatable bonds is 2. The summed E-state index contributed by atoms with van der Waals surface area (Å²) in [5.41, 5.74) is -0.0206. The zero-order valence-corrected chi connectivity index (χ0v) is 15.4. The predicted molar refractivity (Wildman–Crippen MR) is 96.6 cm³/mol. The normalized spacial score (nSPS) is 17.4. The number of nitrogens with zero attached hydrogens (tertiary/aromatic N) is 1. The number of alkyl halides is 3. The quantitative estimate of drug-likeness (QED) is 0.348.